The molecule has 14 heavy (non-hydrogen) atoms. The van der Waals surface area contributed by atoms with Gasteiger partial charge < -0.3 is 9.84 Å². The minimum Gasteiger partial charge on any atom is -0.466 e. The highest BCUT2D eigenvalue weighted by Gasteiger charge is 2.04. The van der Waals surface area contributed by atoms with Crippen LogP contribution in [0.25, 0.3) is 0 Å². The van der Waals surface area contributed by atoms with E-state index < -0.39 is 0 Å². The Hall–Kier alpha value is -0.870. The van der Waals surface area contributed by atoms with Gasteiger partial charge in [0.1, 0.15) is 0 Å². The second-order valence-electron chi connectivity index (χ2n) is 3.00. The fourth-order valence-electron chi connectivity index (χ4n) is 1.03. The van der Waals surface area contributed by atoms with E-state index in [0.29, 0.717) is 18.7 Å². The maximum atomic E-state index is 11.0. The number of hydrogen-bond donors (Lipinski definition) is 1. The van der Waals surface area contributed by atoms with Crippen LogP contribution >= 0.6 is 0 Å². The lowest BCUT2D eigenvalue weighted by Crippen LogP contribution is -2.27. The number of nitrogens with zero attached hydrogens (tertiary/aromatic N) is 1. The zero-order chi connectivity index (χ0) is 11.0. The van der Waals surface area contributed by atoms with Crippen molar-refractivity contribution in [2.24, 2.45) is 0 Å². The van der Waals surface area contributed by atoms with Crippen LogP contribution in [0, 0.1) is 0 Å². The van der Waals surface area contributed by atoms with Gasteiger partial charge in [-0.05, 0) is 13.5 Å². The van der Waals surface area contributed by atoms with Crippen LogP contribution in [-0.2, 0) is 9.53 Å². The first-order chi connectivity index (χ1) is 6.65. The zero-order valence-electron chi connectivity index (χ0n) is 9.12. The summed E-state index contributed by atoms with van der Waals surface area (Å²) in [5.41, 5.74) is 0.601. The molecule has 82 valence electrons. The Morgan fingerprint density at radius 2 is 2.21 bits per heavy atom. The lowest BCUT2D eigenvalue weighted by atomic mass is 10.3. The standard InChI is InChI=1S/C10H19NO3/c1-4-11(7-8-12)6-5-9(2)10(13)14-3/h5,12H,4,6-8H2,1-3H3. The zero-order valence-corrected chi connectivity index (χ0v) is 9.12. The van der Waals surface area contributed by atoms with Gasteiger partial charge in [-0.25, -0.2) is 4.79 Å². The number of likely N-dealkylation sites (N-methyl/N-ethyl adjacent to an activating group) is 1. The average Bonchev–Trinajstić information content (AvgIpc) is 2.22. The summed E-state index contributed by atoms with van der Waals surface area (Å²) in [7, 11) is 1.37. The van der Waals surface area contributed by atoms with E-state index in [4.69, 9.17) is 5.11 Å². The smallest absolute Gasteiger partial charge is 0.333 e. The first-order valence-electron chi connectivity index (χ1n) is 4.74. The highest BCUT2D eigenvalue weighted by Crippen LogP contribution is 1.97. The first-order valence-corrected chi connectivity index (χ1v) is 4.74. The van der Waals surface area contributed by atoms with E-state index in [1.54, 1.807) is 6.92 Å². The van der Waals surface area contributed by atoms with Gasteiger partial charge in [0.2, 0.25) is 0 Å². The number of esters is 1. The van der Waals surface area contributed by atoms with Gasteiger partial charge in [-0.15, -0.1) is 0 Å². The molecule has 0 atom stereocenters. The third-order valence-electron chi connectivity index (χ3n) is 2.03. The molecular formula is C10H19NO3. The summed E-state index contributed by atoms with van der Waals surface area (Å²) in [6.07, 6.45) is 1.81. The van der Waals surface area contributed by atoms with Crippen LogP contribution in [0.5, 0.6) is 0 Å². The predicted octanol–water partition coefficient (Wildman–Crippen LogP) is 0.420. The van der Waals surface area contributed by atoms with E-state index in [1.807, 2.05) is 17.9 Å². The quantitative estimate of drug-likeness (QED) is 0.500. The molecule has 0 aliphatic heterocycles. The molecule has 0 aliphatic rings. The Kier molecular flexibility index (Phi) is 7.06. The number of ether oxygens (including phenoxy) is 1. The monoisotopic (exact) mass is 201 g/mol. The van der Waals surface area contributed by atoms with Crippen LogP contribution in [0.2, 0.25) is 0 Å². The van der Waals surface area contributed by atoms with Crippen LogP contribution < -0.4 is 0 Å². The number of aliphatic hydroxyl groups is 1. The van der Waals surface area contributed by atoms with Crippen molar-refractivity contribution in [3.63, 3.8) is 0 Å². The molecule has 0 saturated heterocycles. The molecule has 0 aromatic rings. The van der Waals surface area contributed by atoms with Gasteiger partial charge in [-0.3, -0.25) is 4.90 Å². The molecule has 4 heteroatoms. The van der Waals surface area contributed by atoms with Crippen molar-refractivity contribution in [2.45, 2.75) is 13.8 Å². The molecule has 0 aromatic heterocycles. The largest absolute Gasteiger partial charge is 0.466 e. The van der Waals surface area contributed by atoms with Gasteiger partial charge in [0.25, 0.3) is 0 Å². The number of carbonyl (C=O) groups excluding carboxylic acids is 1. The Balaban J connectivity index is 4.04. The fourth-order valence-corrected chi connectivity index (χ4v) is 1.03. The Morgan fingerprint density at radius 3 is 2.64 bits per heavy atom. The molecule has 0 aromatic carbocycles. The van der Waals surface area contributed by atoms with Crippen LogP contribution in [0.4, 0.5) is 0 Å². The molecule has 0 unspecified atom stereocenters. The van der Waals surface area contributed by atoms with E-state index in [2.05, 4.69) is 4.74 Å². The summed E-state index contributed by atoms with van der Waals surface area (Å²) in [6.45, 7) is 6.01. The molecule has 0 heterocycles. The Morgan fingerprint density at radius 1 is 1.57 bits per heavy atom. The summed E-state index contributed by atoms with van der Waals surface area (Å²) in [5, 5.41) is 8.73. The molecule has 0 spiro atoms. The number of hydrogen-bond acceptors (Lipinski definition) is 4. The molecule has 0 bridgehead atoms. The normalized spacial score (nSPS) is 11.9. The van der Waals surface area contributed by atoms with Gasteiger partial charge in [0, 0.05) is 18.7 Å². The maximum Gasteiger partial charge on any atom is 0.333 e. The van der Waals surface area contributed by atoms with E-state index in [9.17, 15) is 4.79 Å². The SMILES string of the molecule is CCN(CC=C(C)C(=O)OC)CCO. The van der Waals surface area contributed by atoms with Crippen molar-refractivity contribution in [1.29, 1.82) is 0 Å². The fraction of sp³-hybridized carbons (Fsp3) is 0.700. The Labute approximate surface area is 85.2 Å². The van der Waals surface area contributed by atoms with Gasteiger partial charge in [-0.2, -0.15) is 0 Å². The topological polar surface area (TPSA) is 49.8 Å². The minimum atomic E-state index is -0.301. The van der Waals surface area contributed by atoms with Crippen LogP contribution in [-0.4, -0.2) is 49.3 Å². The molecule has 0 amide bonds. The summed E-state index contributed by atoms with van der Waals surface area (Å²) >= 11 is 0. The van der Waals surface area contributed by atoms with Crippen molar-refractivity contribution in [2.75, 3.05) is 33.4 Å². The second-order valence-corrected chi connectivity index (χ2v) is 3.00. The minimum absolute atomic E-state index is 0.138. The van der Waals surface area contributed by atoms with Gasteiger partial charge in [0.05, 0.1) is 13.7 Å². The molecule has 0 rings (SSSR count). The van der Waals surface area contributed by atoms with Gasteiger partial charge in [-0.1, -0.05) is 13.0 Å². The number of methoxy groups -OCH3 is 1. The number of aliphatic hydroxyl groups excluding tert-OH is 1. The third-order valence-corrected chi connectivity index (χ3v) is 2.03. The van der Waals surface area contributed by atoms with E-state index >= 15 is 0 Å². The molecule has 0 saturated carbocycles. The number of rotatable bonds is 6. The molecule has 0 fully saturated rings. The molecule has 1 N–H and O–H groups in total. The van der Waals surface area contributed by atoms with Gasteiger partial charge in [0.15, 0.2) is 0 Å². The maximum absolute atomic E-state index is 11.0. The van der Waals surface area contributed by atoms with Crippen molar-refractivity contribution < 1.29 is 14.6 Å². The van der Waals surface area contributed by atoms with Crippen LogP contribution in [0.3, 0.4) is 0 Å². The molecule has 0 aliphatic carbocycles. The molecule has 0 radical (unpaired) electrons. The molecule has 4 nitrogen and oxygen atoms in total. The number of carbonyl (C=O) groups is 1. The molecular weight excluding hydrogens is 182 g/mol. The third kappa shape index (κ3) is 4.99. The first kappa shape index (κ1) is 13.1. The summed E-state index contributed by atoms with van der Waals surface area (Å²) < 4.78 is 4.56. The average molecular weight is 201 g/mol. The van der Waals surface area contributed by atoms with Crippen molar-refractivity contribution in [3.8, 4) is 0 Å². The summed E-state index contributed by atoms with van der Waals surface area (Å²) in [6, 6.07) is 0. The van der Waals surface area contributed by atoms with E-state index in [-0.39, 0.29) is 12.6 Å². The van der Waals surface area contributed by atoms with E-state index in [0.717, 1.165) is 6.54 Å². The van der Waals surface area contributed by atoms with Crippen LogP contribution in [0.15, 0.2) is 11.6 Å². The summed E-state index contributed by atoms with van der Waals surface area (Å²) in [4.78, 5) is 13.0. The highest BCUT2D eigenvalue weighted by molar-refractivity contribution is 5.87. The van der Waals surface area contributed by atoms with Crippen LogP contribution in [0.1, 0.15) is 13.8 Å². The predicted molar refractivity (Wildman–Crippen MR) is 55.0 cm³/mol. The lowest BCUT2D eigenvalue weighted by molar-refractivity contribution is -0.136. The lowest BCUT2D eigenvalue weighted by Gasteiger charge is -2.16. The second kappa shape index (κ2) is 7.53. The summed E-state index contributed by atoms with van der Waals surface area (Å²) in [5.74, 6) is -0.301. The van der Waals surface area contributed by atoms with Gasteiger partial charge >= 0.3 is 5.97 Å². The highest BCUT2D eigenvalue weighted by atomic mass is 16.5. The van der Waals surface area contributed by atoms with Crippen molar-refractivity contribution in [3.05, 3.63) is 11.6 Å². The Bertz CT molecular complexity index is 202. The van der Waals surface area contributed by atoms with Crippen molar-refractivity contribution in [1.82, 2.24) is 4.90 Å². The van der Waals surface area contributed by atoms with Crippen molar-refractivity contribution >= 4 is 5.97 Å². The van der Waals surface area contributed by atoms with E-state index in [1.165, 1.54) is 7.11 Å².